The van der Waals surface area contributed by atoms with Crippen molar-refractivity contribution >= 4 is 19.3 Å². The van der Waals surface area contributed by atoms with E-state index in [2.05, 4.69) is 5.32 Å². The van der Waals surface area contributed by atoms with Gasteiger partial charge in [0.25, 0.3) is 0 Å². The number of hydrogen-bond acceptors (Lipinski definition) is 6. The highest BCUT2D eigenvalue weighted by molar-refractivity contribution is 7.54. The molecule has 1 atom stereocenters. The van der Waals surface area contributed by atoms with Gasteiger partial charge >= 0.3 is 13.6 Å². The predicted molar refractivity (Wildman–Crippen MR) is 115 cm³/mol. The number of anilines is 1. The first-order valence-corrected chi connectivity index (χ1v) is 11.5. The maximum Gasteiger partial charge on any atom is 0.357 e. The number of rotatable bonds is 10. The summed E-state index contributed by atoms with van der Waals surface area (Å²) < 4.78 is 44.9. The number of hydrogen-bond donors (Lipinski definition) is 1. The van der Waals surface area contributed by atoms with Crippen LogP contribution in [0, 0.1) is 5.82 Å². The SMILES string of the molecule is CCOC(=O)c1ccc(NC(c2ccccc2F)P(=O)(OC(C)C)OC(C)C)cc1. The summed E-state index contributed by atoms with van der Waals surface area (Å²) in [5, 5.41) is 3.08. The Morgan fingerprint density at radius 3 is 2.07 bits per heavy atom. The normalized spacial score (nSPS) is 12.8. The molecule has 0 amide bonds. The number of halogens is 1. The van der Waals surface area contributed by atoms with Crippen LogP contribution in [-0.2, 0) is 18.3 Å². The Hall–Kier alpha value is -2.21. The third kappa shape index (κ3) is 6.39. The first-order valence-electron chi connectivity index (χ1n) is 9.91. The van der Waals surface area contributed by atoms with E-state index in [1.807, 2.05) is 0 Å². The number of nitrogens with one attached hydrogen (secondary N) is 1. The summed E-state index contributed by atoms with van der Waals surface area (Å²) in [6, 6.07) is 12.5. The summed E-state index contributed by atoms with van der Waals surface area (Å²) in [7, 11) is -3.84. The first kappa shape index (κ1) is 24.1. The molecule has 0 radical (unpaired) electrons. The highest BCUT2D eigenvalue weighted by atomic mass is 31.2. The Kier molecular flexibility index (Phi) is 8.59. The number of carbonyl (C=O) groups is 1. The molecule has 0 aliphatic carbocycles. The van der Waals surface area contributed by atoms with Gasteiger partial charge in [-0.1, -0.05) is 18.2 Å². The molecule has 2 aromatic rings. The fourth-order valence-electron chi connectivity index (χ4n) is 2.83. The molecule has 0 aliphatic heterocycles. The summed E-state index contributed by atoms with van der Waals surface area (Å²) >= 11 is 0. The number of ether oxygens (including phenoxy) is 1. The van der Waals surface area contributed by atoms with Crippen molar-refractivity contribution < 1.29 is 27.5 Å². The maximum absolute atomic E-state index is 14.7. The van der Waals surface area contributed by atoms with Crippen molar-refractivity contribution in [2.75, 3.05) is 11.9 Å². The van der Waals surface area contributed by atoms with Crippen molar-refractivity contribution in [3.63, 3.8) is 0 Å². The Morgan fingerprint density at radius 2 is 1.57 bits per heavy atom. The molecule has 164 valence electrons. The molecule has 2 rings (SSSR count). The molecule has 0 aromatic heterocycles. The average molecular weight is 437 g/mol. The summed E-state index contributed by atoms with van der Waals surface area (Å²) in [4.78, 5) is 11.9. The zero-order valence-corrected chi connectivity index (χ0v) is 18.8. The predicted octanol–water partition coefficient (Wildman–Crippen LogP) is 6.16. The van der Waals surface area contributed by atoms with Crippen LogP contribution in [0.2, 0.25) is 0 Å². The lowest BCUT2D eigenvalue weighted by molar-refractivity contribution is 0.0526. The molecule has 0 bridgehead atoms. The molecular weight excluding hydrogens is 408 g/mol. The van der Waals surface area contributed by atoms with E-state index in [1.54, 1.807) is 77.1 Å². The van der Waals surface area contributed by atoms with Gasteiger partial charge in [0.2, 0.25) is 0 Å². The average Bonchev–Trinajstić information content (AvgIpc) is 2.66. The van der Waals surface area contributed by atoms with E-state index in [0.29, 0.717) is 11.3 Å². The fourth-order valence-corrected chi connectivity index (χ4v) is 5.16. The first-order chi connectivity index (χ1) is 14.2. The molecule has 0 fully saturated rings. The molecule has 0 heterocycles. The lowest BCUT2D eigenvalue weighted by Crippen LogP contribution is -2.20. The largest absolute Gasteiger partial charge is 0.462 e. The van der Waals surface area contributed by atoms with Gasteiger partial charge in [-0.25, -0.2) is 9.18 Å². The molecule has 1 N–H and O–H groups in total. The highest BCUT2D eigenvalue weighted by Gasteiger charge is 2.40. The van der Waals surface area contributed by atoms with Gasteiger partial charge in [-0.15, -0.1) is 0 Å². The molecular formula is C22H29FNO5P. The topological polar surface area (TPSA) is 73.9 Å². The van der Waals surface area contributed by atoms with Crippen molar-refractivity contribution in [2.24, 2.45) is 0 Å². The van der Waals surface area contributed by atoms with Crippen LogP contribution in [0.15, 0.2) is 48.5 Å². The lowest BCUT2D eigenvalue weighted by atomic mass is 10.2. The lowest BCUT2D eigenvalue weighted by Gasteiger charge is -2.31. The van der Waals surface area contributed by atoms with Crippen molar-refractivity contribution in [3.8, 4) is 0 Å². The third-order valence-electron chi connectivity index (χ3n) is 3.93. The van der Waals surface area contributed by atoms with Crippen molar-refractivity contribution in [2.45, 2.75) is 52.6 Å². The zero-order valence-electron chi connectivity index (χ0n) is 17.9. The minimum atomic E-state index is -3.84. The van der Waals surface area contributed by atoms with E-state index in [-0.39, 0.29) is 12.2 Å². The second kappa shape index (κ2) is 10.7. The van der Waals surface area contributed by atoms with Crippen molar-refractivity contribution in [3.05, 3.63) is 65.5 Å². The van der Waals surface area contributed by atoms with Gasteiger partial charge < -0.3 is 19.1 Å². The molecule has 1 unspecified atom stereocenters. The smallest absolute Gasteiger partial charge is 0.357 e. The molecule has 0 spiro atoms. The van der Waals surface area contributed by atoms with E-state index < -0.39 is 37.4 Å². The Morgan fingerprint density at radius 1 is 1.00 bits per heavy atom. The van der Waals surface area contributed by atoms with E-state index in [9.17, 15) is 13.8 Å². The van der Waals surface area contributed by atoms with Crippen LogP contribution >= 0.6 is 7.60 Å². The van der Waals surface area contributed by atoms with E-state index >= 15 is 0 Å². The van der Waals surface area contributed by atoms with Crippen LogP contribution < -0.4 is 5.32 Å². The van der Waals surface area contributed by atoms with Crippen LogP contribution in [0.25, 0.3) is 0 Å². The zero-order chi connectivity index (χ0) is 22.3. The van der Waals surface area contributed by atoms with Crippen LogP contribution in [0.5, 0.6) is 0 Å². The van der Waals surface area contributed by atoms with Crippen LogP contribution in [0.3, 0.4) is 0 Å². The summed E-state index contributed by atoms with van der Waals surface area (Å²) in [5.41, 5.74) is 1.07. The molecule has 0 saturated carbocycles. The number of esters is 1. The van der Waals surface area contributed by atoms with Crippen LogP contribution in [0.1, 0.15) is 56.3 Å². The molecule has 6 nitrogen and oxygen atoms in total. The molecule has 0 saturated heterocycles. The van der Waals surface area contributed by atoms with E-state index in [0.717, 1.165) is 0 Å². The van der Waals surface area contributed by atoms with Crippen LogP contribution in [0.4, 0.5) is 10.1 Å². The maximum atomic E-state index is 14.7. The standard InChI is InChI=1S/C22H29FNO5P/c1-6-27-22(25)17-11-13-18(14-12-17)24-21(19-9-7-8-10-20(19)23)30(26,28-15(2)3)29-16(4)5/h7-16,21,24H,6H2,1-5H3. The van der Waals surface area contributed by atoms with Gasteiger partial charge in [0, 0.05) is 11.3 Å². The summed E-state index contributed by atoms with van der Waals surface area (Å²) in [6.07, 6.45) is -0.811. The molecule has 8 heteroatoms. The van der Waals surface area contributed by atoms with Crippen molar-refractivity contribution in [1.29, 1.82) is 0 Å². The van der Waals surface area contributed by atoms with Gasteiger partial charge in [-0.3, -0.25) is 4.57 Å². The monoisotopic (exact) mass is 437 g/mol. The molecule has 0 aliphatic rings. The third-order valence-corrected chi connectivity index (χ3v) is 6.40. The summed E-state index contributed by atoms with van der Waals surface area (Å²) in [6.45, 7) is 8.96. The van der Waals surface area contributed by atoms with Gasteiger partial charge in [0.1, 0.15) is 5.82 Å². The van der Waals surface area contributed by atoms with Gasteiger partial charge in [-0.2, -0.15) is 0 Å². The number of carbonyl (C=O) groups excluding carboxylic acids is 1. The Bertz CT molecular complexity index is 871. The van der Waals surface area contributed by atoms with E-state index in [1.165, 1.54) is 6.07 Å². The molecule has 2 aromatic carbocycles. The highest BCUT2D eigenvalue weighted by Crippen LogP contribution is 2.62. The van der Waals surface area contributed by atoms with E-state index in [4.69, 9.17) is 13.8 Å². The minimum Gasteiger partial charge on any atom is -0.462 e. The van der Waals surface area contributed by atoms with Gasteiger partial charge in [0.05, 0.1) is 24.4 Å². The summed E-state index contributed by atoms with van der Waals surface area (Å²) in [5.74, 6) is -2.05. The Labute approximate surface area is 177 Å². The van der Waals surface area contributed by atoms with Gasteiger partial charge in [-0.05, 0) is 65.0 Å². The fraction of sp³-hybridized carbons (Fsp3) is 0.409. The van der Waals surface area contributed by atoms with Crippen LogP contribution in [-0.4, -0.2) is 24.8 Å². The Balaban J connectivity index is 2.45. The second-order valence-electron chi connectivity index (χ2n) is 7.21. The minimum absolute atomic E-state index is 0.164. The molecule has 30 heavy (non-hydrogen) atoms. The van der Waals surface area contributed by atoms with Gasteiger partial charge in [0.15, 0.2) is 5.78 Å². The second-order valence-corrected chi connectivity index (χ2v) is 9.23. The number of benzene rings is 2. The quantitative estimate of drug-likeness (QED) is 0.355. The van der Waals surface area contributed by atoms with Crippen molar-refractivity contribution in [1.82, 2.24) is 0 Å².